The van der Waals surface area contributed by atoms with Crippen LogP contribution in [-0.4, -0.2) is 58.7 Å². The van der Waals surface area contributed by atoms with Gasteiger partial charge in [0.25, 0.3) is 0 Å². The van der Waals surface area contributed by atoms with Crippen molar-refractivity contribution in [3.8, 4) is 0 Å². The van der Waals surface area contributed by atoms with E-state index >= 15 is 0 Å². The largest absolute Gasteiger partial charge is 0.339 e. The highest BCUT2D eigenvalue weighted by molar-refractivity contribution is 6.05. The summed E-state index contributed by atoms with van der Waals surface area (Å²) in [5.41, 5.74) is 4.27. The molecule has 1 aromatic heterocycles. The van der Waals surface area contributed by atoms with E-state index in [1.54, 1.807) is 30.6 Å². The Morgan fingerprint density at radius 3 is 2.32 bits per heavy atom. The second-order valence-electron chi connectivity index (χ2n) is 9.62. The first-order chi connectivity index (χ1) is 18.1. The quantitative estimate of drug-likeness (QED) is 0.460. The minimum Gasteiger partial charge on any atom is -0.339 e. The smallest absolute Gasteiger partial charge is 0.225 e. The highest BCUT2D eigenvalue weighted by Crippen LogP contribution is 2.32. The molecule has 0 spiro atoms. The van der Waals surface area contributed by atoms with Crippen molar-refractivity contribution in [2.75, 3.05) is 31.1 Å². The molecule has 7 heteroatoms. The van der Waals surface area contributed by atoms with Gasteiger partial charge in [-0.15, -0.1) is 0 Å². The van der Waals surface area contributed by atoms with Crippen LogP contribution in [0.25, 0.3) is 5.57 Å². The molecule has 2 aliphatic rings. The summed E-state index contributed by atoms with van der Waals surface area (Å²) in [5, 5.41) is 0. The molecule has 3 heterocycles. The first-order valence-electron chi connectivity index (χ1n) is 13.0. The molecule has 6 nitrogen and oxygen atoms in total. The molecule has 1 amide bonds. The van der Waals surface area contributed by atoms with Crippen LogP contribution in [0.15, 0.2) is 84.1 Å². The fraction of sp³-hybridized carbons (Fsp3) is 0.333. The number of hydrogen-bond donors (Lipinski definition) is 0. The van der Waals surface area contributed by atoms with Crippen molar-refractivity contribution >= 4 is 23.1 Å². The van der Waals surface area contributed by atoms with Crippen LogP contribution in [0.4, 0.5) is 10.3 Å². The molecule has 1 saturated heterocycles. The number of carbonyl (C=O) groups is 1. The molecule has 1 fully saturated rings. The molecule has 2 atom stereocenters. The van der Waals surface area contributed by atoms with E-state index in [9.17, 15) is 9.18 Å². The zero-order valence-electron chi connectivity index (χ0n) is 21.1. The third-order valence-corrected chi connectivity index (χ3v) is 7.10. The molecule has 0 radical (unpaired) electrons. The molecule has 0 bridgehead atoms. The van der Waals surface area contributed by atoms with Crippen LogP contribution in [0.3, 0.4) is 0 Å². The summed E-state index contributed by atoms with van der Waals surface area (Å²) < 4.78 is 13.5. The SMILES string of the molecule is CC1C=C(c2ccccc2)C(CCCC(=O)N2CCN(c3ncccn3)CC2)N=C1c1ccc(F)cc1. The Bertz CT molecular complexity index is 1250. The van der Waals surface area contributed by atoms with Gasteiger partial charge in [0.05, 0.1) is 6.04 Å². The number of rotatable bonds is 7. The number of anilines is 1. The summed E-state index contributed by atoms with van der Waals surface area (Å²) in [5.74, 6) is 0.769. The van der Waals surface area contributed by atoms with Crippen LogP contribution in [0.2, 0.25) is 0 Å². The molecule has 0 saturated carbocycles. The van der Waals surface area contributed by atoms with E-state index in [0.29, 0.717) is 19.5 Å². The van der Waals surface area contributed by atoms with Gasteiger partial charge in [0.1, 0.15) is 5.82 Å². The van der Waals surface area contributed by atoms with E-state index < -0.39 is 0 Å². The first kappa shape index (κ1) is 24.8. The van der Waals surface area contributed by atoms with Gasteiger partial charge < -0.3 is 9.80 Å². The Morgan fingerprint density at radius 1 is 0.919 bits per heavy atom. The first-order valence-corrected chi connectivity index (χ1v) is 13.0. The standard InChI is InChI=1S/C30H32FN5O/c1-22-21-26(23-7-3-2-4-8-23)27(34-29(22)24-11-13-25(31)14-12-24)9-5-10-28(37)35-17-19-36(20-18-35)30-32-15-6-16-33-30/h2-4,6-8,11-16,21-22,27H,5,9-10,17-20H2,1H3. The second kappa shape index (κ2) is 11.5. The number of dihydropyridines is 1. The van der Waals surface area contributed by atoms with Gasteiger partial charge in [0.15, 0.2) is 0 Å². The Hall–Kier alpha value is -3.87. The second-order valence-corrected chi connectivity index (χ2v) is 9.62. The van der Waals surface area contributed by atoms with Crippen molar-refractivity contribution in [3.63, 3.8) is 0 Å². The molecule has 2 aromatic carbocycles. The summed E-state index contributed by atoms with van der Waals surface area (Å²) >= 11 is 0. The van der Waals surface area contributed by atoms with Crippen LogP contribution in [0.5, 0.6) is 0 Å². The maximum absolute atomic E-state index is 13.5. The number of allylic oxidation sites excluding steroid dienone is 1. The fourth-order valence-corrected chi connectivity index (χ4v) is 5.13. The highest BCUT2D eigenvalue weighted by atomic mass is 19.1. The molecule has 0 aliphatic carbocycles. The van der Waals surface area contributed by atoms with E-state index in [1.807, 2.05) is 23.1 Å². The molecular weight excluding hydrogens is 465 g/mol. The van der Waals surface area contributed by atoms with Crippen LogP contribution >= 0.6 is 0 Å². The van der Waals surface area contributed by atoms with E-state index in [2.05, 4.69) is 40.0 Å². The molecular formula is C30H32FN5O. The average molecular weight is 498 g/mol. The van der Waals surface area contributed by atoms with Gasteiger partial charge in [-0.1, -0.05) is 55.5 Å². The third kappa shape index (κ3) is 5.93. The lowest BCUT2D eigenvalue weighted by molar-refractivity contribution is -0.131. The summed E-state index contributed by atoms with van der Waals surface area (Å²) in [4.78, 5) is 30.9. The van der Waals surface area contributed by atoms with Crippen LogP contribution in [-0.2, 0) is 4.79 Å². The number of amides is 1. The fourth-order valence-electron chi connectivity index (χ4n) is 5.13. The van der Waals surface area contributed by atoms with Crippen LogP contribution in [0.1, 0.15) is 37.3 Å². The average Bonchev–Trinajstić information content (AvgIpc) is 2.95. The maximum Gasteiger partial charge on any atom is 0.225 e. The Kier molecular flexibility index (Phi) is 7.68. The predicted octanol–water partition coefficient (Wildman–Crippen LogP) is 5.03. The van der Waals surface area contributed by atoms with E-state index in [1.165, 1.54) is 17.7 Å². The number of aliphatic imine (C=N–C) groups is 1. The number of nitrogens with zero attached hydrogens (tertiary/aromatic N) is 5. The van der Waals surface area contributed by atoms with E-state index in [0.717, 1.165) is 48.7 Å². The molecule has 5 rings (SSSR count). The van der Waals surface area contributed by atoms with Gasteiger partial charge in [-0.2, -0.15) is 0 Å². The minimum absolute atomic E-state index is 0.0430. The van der Waals surface area contributed by atoms with Gasteiger partial charge in [0.2, 0.25) is 11.9 Å². The van der Waals surface area contributed by atoms with E-state index in [4.69, 9.17) is 4.99 Å². The Balaban J connectivity index is 1.23. The minimum atomic E-state index is -0.250. The highest BCUT2D eigenvalue weighted by Gasteiger charge is 2.26. The molecule has 0 N–H and O–H groups in total. The molecule has 2 unspecified atom stereocenters. The molecule has 2 aliphatic heterocycles. The maximum atomic E-state index is 13.5. The Morgan fingerprint density at radius 2 is 1.62 bits per heavy atom. The summed E-state index contributed by atoms with van der Waals surface area (Å²) in [7, 11) is 0. The van der Waals surface area contributed by atoms with Crippen molar-refractivity contribution in [2.45, 2.75) is 32.2 Å². The summed E-state index contributed by atoms with van der Waals surface area (Å²) in [6.07, 6.45) is 7.80. The number of carbonyl (C=O) groups excluding carboxylic acids is 1. The van der Waals surface area contributed by atoms with Crippen molar-refractivity contribution in [1.82, 2.24) is 14.9 Å². The topological polar surface area (TPSA) is 61.7 Å². The van der Waals surface area contributed by atoms with Crippen molar-refractivity contribution in [1.29, 1.82) is 0 Å². The number of hydrogen-bond acceptors (Lipinski definition) is 5. The van der Waals surface area contributed by atoms with Crippen molar-refractivity contribution in [2.24, 2.45) is 10.9 Å². The zero-order chi connectivity index (χ0) is 25.6. The number of halogens is 1. The van der Waals surface area contributed by atoms with Gasteiger partial charge in [-0.05, 0) is 47.7 Å². The summed E-state index contributed by atoms with van der Waals surface area (Å²) in [6.45, 7) is 4.97. The van der Waals surface area contributed by atoms with Crippen LogP contribution < -0.4 is 4.90 Å². The number of aromatic nitrogens is 2. The lowest BCUT2D eigenvalue weighted by Crippen LogP contribution is -2.49. The number of benzene rings is 2. The molecule has 37 heavy (non-hydrogen) atoms. The van der Waals surface area contributed by atoms with Gasteiger partial charge >= 0.3 is 0 Å². The predicted molar refractivity (Wildman–Crippen MR) is 145 cm³/mol. The lowest BCUT2D eigenvalue weighted by atomic mass is 9.85. The van der Waals surface area contributed by atoms with Gasteiger partial charge in [-0.25, -0.2) is 14.4 Å². The van der Waals surface area contributed by atoms with Crippen LogP contribution in [0, 0.1) is 11.7 Å². The zero-order valence-corrected chi connectivity index (χ0v) is 21.1. The monoisotopic (exact) mass is 497 g/mol. The summed E-state index contributed by atoms with van der Waals surface area (Å²) in [6, 6.07) is 18.7. The number of piperazine rings is 1. The van der Waals surface area contributed by atoms with Crippen molar-refractivity contribution in [3.05, 3.63) is 96.1 Å². The molecule has 190 valence electrons. The normalized spacial score (nSPS) is 19.8. The van der Waals surface area contributed by atoms with Gasteiger partial charge in [0, 0.05) is 56.6 Å². The van der Waals surface area contributed by atoms with Crippen molar-refractivity contribution < 1.29 is 9.18 Å². The lowest BCUT2D eigenvalue weighted by Gasteiger charge is -2.34. The Labute approximate surface area is 217 Å². The molecule has 3 aromatic rings. The third-order valence-electron chi connectivity index (χ3n) is 7.10. The van der Waals surface area contributed by atoms with Gasteiger partial charge in [-0.3, -0.25) is 9.79 Å². The van der Waals surface area contributed by atoms with E-state index in [-0.39, 0.29) is 23.7 Å².